The van der Waals surface area contributed by atoms with Crippen LogP contribution in [0.1, 0.15) is 20.7 Å². The lowest BCUT2D eigenvalue weighted by Crippen LogP contribution is -2.13. The minimum absolute atomic E-state index is 0.0284. The molecule has 4 nitrogen and oxygen atoms in total. The van der Waals surface area contributed by atoms with Gasteiger partial charge in [0.1, 0.15) is 0 Å². The Morgan fingerprint density at radius 2 is 2.29 bits per heavy atom. The number of hydrogen-bond donors (Lipinski definition) is 2. The van der Waals surface area contributed by atoms with Crippen molar-refractivity contribution in [3.63, 3.8) is 0 Å². The summed E-state index contributed by atoms with van der Waals surface area (Å²) in [7, 11) is 0. The molecule has 1 aromatic rings. The van der Waals surface area contributed by atoms with E-state index >= 15 is 0 Å². The normalized spacial score (nSPS) is 14.4. The van der Waals surface area contributed by atoms with Crippen LogP contribution in [0.3, 0.4) is 0 Å². The van der Waals surface area contributed by atoms with Crippen LogP contribution in [0.2, 0.25) is 0 Å². The molecule has 0 fully saturated rings. The molecule has 0 bridgehead atoms. The van der Waals surface area contributed by atoms with Crippen molar-refractivity contribution in [3.05, 3.63) is 29.3 Å². The van der Waals surface area contributed by atoms with Crippen LogP contribution < -0.4 is 4.72 Å². The summed E-state index contributed by atoms with van der Waals surface area (Å²) < 4.78 is 2.92. The van der Waals surface area contributed by atoms with E-state index in [1.54, 1.807) is 6.07 Å². The standard InChI is InChI=1S/C9H7NO3S/c11-8-4-14-10-7-3-5(9(12)13)1-2-6(7)8/h1-3,10H,4H2,(H,12,13). The van der Waals surface area contributed by atoms with E-state index in [-0.39, 0.29) is 11.3 Å². The van der Waals surface area contributed by atoms with Gasteiger partial charge in [-0.1, -0.05) is 0 Å². The second kappa shape index (κ2) is 3.34. The van der Waals surface area contributed by atoms with Gasteiger partial charge in [-0.05, 0) is 30.1 Å². The quantitative estimate of drug-likeness (QED) is 0.688. The molecular weight excluding hydrogens is 202 g/mol. The zero-order chi connectivity index (χ0) is 10.1. The van der Waals surface area contributed by atoms with E-state index in [0.29, 0.717) is 17.0 Å². The van der Waals surface area contributed by atoms with Crippen molar-refractivity contribution in [1.29, 1.82) is 0 Å². The van der Waals surface area contributed by atoms with E-state index < -0.39 is 5.97 Å². The lowest BCUT2D eigenvalue weighted by molar-refractivity contribution is 0.0696. The Kier molecular flexibility index (Phi) is 2.17. The van der Waals surface area contributed by atoms with Crippen molar-refractivity contribution in [2.75, 3.05) is 10.5 Å². The second-order valence-corrected chi connectivity index (χ2v) is 3.66. The third-order valence-corrected chi connectivity index (χ3v) is 2.72. The van der Waals surface area contributed by atoms with Gasteiger partial charge in [-0.3, -0.25) is 4.79 Å². The van der Waals surface area contributed by atoms with E-state index in [1.807, 2.05) is 0 Å². The largest absolute Gasteiger partial charge is 0.478 e. The molecule has 0 aliphatic carbocycles. The van der Waals surface area contributed by atoms with Gasteiger partial charge >= 0.3 is 5.97 Å². The number of benzene rings is 1. The van der Waals surface area contributed by atoms with Gasteiger partial charge in [-0.25, -0.2) is 4.79 Å². The van der Waals surface area contributed by atoms with Gasteiger partial charge in [0.15, 0.2) is 5.78 Å². The van der Waals surface area contributed by atoms with Crippen LogP contribution in [0.15, 0.2) is 18.2 Å². The number of carboxylic acid groups (broad SMARTS) is 1. The molecule has 1 aliphatic heterocycles. The molecule has 1 aromatic carbocycles. The van der Waals surface area contributed by atoms with Gasteiger partial charge in [-0.15, -0.1) is 0 Å². The van der Waals surface area contributed by atoms with Crippen LogP contribution in [-0.4, -0.2) is 22.6 Å². The smallest absolute Gasteiger partial charge is 0.335 e. The van der Waals surface area contributed by atoms with Gasteiger partial charge in [0, 0.05) is 5.56 Å². The molecule has 2 rings (SSSR count). The molecular formula is C9H7NO3S. The highest BCUT2D eigenvalue weighted by Gasteiger charge is 2.18. The summed E-state index contributed by atoms with van der Waals surface area (Å²) >= 11 is 1.27. The third-order valence-electron chi connectivity index (χ3n) is 1.95. The van der Waals surface area contributed by atoms with Gasteiger partial charge in [0.2, 0.25) is 0 Å². The van der Waals surface area contributed by atoms with Crippen molar-refractivity contribution >= 4 is 29.4 Å². The third kappa shape index (κ3) is 1.46. The van der Waals surface area contributed by atoms with Crippen molar-refractivity contribution in [2.24, 2.45) is 0 Å². The molecule has 0 radical (unpaired) electrons. The van der Waals surface area contributed by atoms with Gasteiger partial charge in [0.25, 0.3) is 0 Å². The van der Waals surface area contributed by atoms with Crippen LogP contribution in [0.5, 0.6) is 0 Å². The second-order valence-electron chi connectivity index (χ2n) is 2.88. The average Bonchev–Trinajstić information content (AvgIpc) is 2.17. The van der Waals surface area contributed by atoms with Gasteiger partial charge < -0.3 is 9.83 Å². The van der Waals surface area contributed by atoms with E-state index in [0.717, 1.165) is 0 Å². The van der Waals surface area contributed by atoms with E-state index in [4.69, 9.17) is 5.11 Å². The zero-order valence-electron chi connectivity index (χ0n) is 7.11. The van der Waals surface area contributed by atoms with Crippen molar-refractivity contribution in [2.45, 2.75) is 0 Å². The fourth-order valence-electron chi connectivity index (χ4n) is 1.26. The minimum atomic E-state index is -0.988. The Hall–Kier alpha value is -1.49. The highest BCUT2D eigenvalue weighted by molar-refractivity contribution is 8.01. The lowest BCUT2D eigenvalue weighted by Gasteiger charge is -2.15. The Morgan fingerprint density at radius 3 is 3.00 bits per heavy atom. The molecule has 72 valence electrons. The first-order valence-corrected chi connectivity index (χ1v) is 4.95. The summed E-state index contributed by atoms with van der Waals surface area (Å²) in [6.45, 7) is 0. The van der Waals surface area contributed by atoms with E-state index in [9.17, 15) is 9.59 Å². The first-order chi connectivity index (χ1) is 6.68. The van der Waals surface area contributed by atoms with Crippen LogP contribution >= 0.6 is 11.9 Å². The van der Waals surface area contributed by atoms with E-state index in [1.165, 1.54) is 24.1 Å². The number of rotatable bonds is 1. The summed E-state index contributed by atoms with van der Waals surface area (Å²) in [4.78, 5) is 22.0. The van der Waals surface area contributed by atoms with Crippen LogP contribution in [0.25, 0.3) is 0 Å². The Balaban J connectivity index is 2.49. The minimum Gasteiger partial charge on any atom is -0.478 e. The van der Waals surface area contributed by atoms with Crippen LogP contribution in [0.4, 0.5) is 5.69 Å². The number of ketones is 1. The maximum atomic E-state index is 11.4. The highest BCUT2D eigenvalue weighted by Crippen LogP contribution is 2.26. The summed E-state index contributed by atoms with van der Waals surface area (Å²) in [6, 6.07) is 4.46. The SMILES string of the molecule is O=C(O)c1ccc2c(c1)NSCC2=O. The number of hydrogen-bond acceptors (Lipinski definition) is 4. The van der Waals surface area contributed by atoms with Crippen molar-refractivity contribution < 1.29 is 14.7 Å². The van der Waals surface area contributed by atoms with Crippen molar-refractivity contribution in [3.8, 4) is 0 Å². The van der Waals surface area contributed by atoms with Crippen LogP contribution in [0, 0.1) is 0 Å². The first kappa shape index (κ1) is 9.08. The molecule has 1 aliphatic rings. The molecule has 0 spiro atoms. The Bertz CT molecular complexity index is 417. The number of Topliss-reactive ketones (excluding diaryl/α,β-unsaturated/α-hetero) is 1. The molecule has 14 heavy (non-hydrogen) atoms. The number of aromatic carboxylic acids is 1. The Labute approximate surface area is 84.4 Å². The zero-order valence-corrected chi connectivity index (χ0v) is 7.93. The topological polar surface area (TPSA) is 66.4 Å². The molecule has 0 atom stereocenters. The Morgan fingerprint density at radius 1 is 1.50 bits per heavy atom. The number of fused-ring (bicyclic) bond motifs is 1. The summed E-state index contributed by atoms with van der Waals surface area (Å²) in [5.41, 5.74) is 1.34. The molecule has 0 aromatic heterocycles. The highest BCUT2D eigenvalue weighted by atomic mass is 32.2. The average molecular weight is 209 g/mol. The first-order valence-electron chi connectivity index (χ1n) is 3.97. The summed E-state index contributed by atoms with van der Waals surface area (Å²) in [5, 5.41) is 8.73. The number of carbonyl (C=O) groups is 2. The summed E-state index contributed by atoms with van der Waals surface area (Å²) in [6.07, 6.45) is 0. The molecule has 0 amide bonds. The maximum Gasteiger partial charge on any atom is 0.335 e. The van der Waals surface area contributed by atoms with Gasteiger partial charge in [0.05, 0.1) is 17.0 Å². The lowest BCUT2D eigenvalue weighted by atomic mass is 10.1. The van der Waals surface area contributed by atoms with E-state index in [2.05, 4.69) is 4.72 Å². The summed E-state index contributed by atoms with van der Waals surface area (Å²) in [5.74, 6) is -0.572. The predicted molar refractivity (Wildman–Crippen MR) is 53.8 cm³/mol. The predicted octanol–water partition coefficient (Wildman–Crippen LogP) is 1.64. The number of carboxylic acids is 1. The monoisotopic (exact) mass is 209 g/mol. The number of anilines is 1. The fourth-order valence-corrected chi connectivity index (χ4v) is 1.95. The fraction of sp³-hybridized carbons (Fsp3) is 0.111. The number of carbonyl (C=O) groups excluding carboxylic acids is 1. The molecule has 0 saturated carbocycles. The van der Waals surface area contributed by atoms with Gasteiger partial charge in [-0.2, -0.15) is 0 Å². The van der Waals surface area contributed by atoms with Crippen LogP contribution in [-0.2, 0) is 0 Å². The molecule has 5 heteroatoms. The maximum absolute atomic E-state index is 11.4. The molecule has 0 unspecified atom stereocenters. The van der Waals surface area contributed by atoms with Crippen molar-refractivity contribution in [1.82, 2.24) is 0 Å². The molecule has 0 saturated heterocycles. The molecule has 1 heterocycles. The number of nitrogens with one attached hydrogen (secondary N) is 1. The molecule has 2 N–H and O–H groups in total.